The molecule has 3 rings (SSSR count). The molecule has 0 aliphatic heterocycles. The highest BCUT2D eigenvalue weighted by molar-refractivity contribution is 5.41. The Hall–Kier alpha value is -2.54. The van der Waals surface area contributed by atoms with Crippen molar-refractivity contribution in [3.8, 4) is 0 Å². The van der Waals surface area contributed by atoms with Gasteiger partial charge in [0, 0.05) is 18.8 Å². The van der Waals surface area contributed by atoms with Crippen molar-refractivity contribution in [2.45, 2.75) is 20.0 Å². The minimum absolute atomic E-state index is 0.0921. The van der Waals surface area contributed by atoms with Gasteiger partial charge in [-0.1, -0.05) is 5.21 Å². The Labute approximate surface area is 121 Å². The first-order valence-corrected chi connectivity index (χ1v) is 6.68. The van der Waals surface area contributed by atoms with Crippen molar-refractivity contribution < 1.29 is 0 Å². The third-order valence-electron chi connectivity index (χ3n) is 3.14. The lowest BCUT2D eigenvalue weighted by molar-refractivity contribution is 0.637. The summed E-state index contributed by atoms with van der Waals surface area (Å²) < 4.78 is 3.21. The van der Waals surface area contributed by atoms with Gasteiger partial charge in [-0.15, -0.1) is 5.10 Å². The molecule has 108 valence electrons. The van der Waals surface area contributed by atoms with E-state index in [9.17, 15) is 4.79 Å². The molecule has 0 aliphatic carbocycles. The lowest BCUT2D eigenvalue weighted by atomic mass is 10.3. The van der Waals surface area contributed by atoms with E-state index >= 15 is 0 Å². The molecule has 0 fully saturated rings. The molecule has 0 radical (unpaired) electrons. The molecule has 3 aromatic heterocycles. The lowest BCUT2D eigenvalue weighted by Crippen LogP contribution is -2.17. The number of hydrogen-bond donors (Lipinski definition) is 1. The van der Waals surface area contributed by atoms with Gasteiger partial charge in [-0.25, -0.2) is 9.67 Å². The van der Waals surface area contributed by atoms with Crippen LogP contribution in [0.4, 0.5) is 0 Å². The van der Waals surface area contributed by atoms with E-state index in [1.165, 1.54) is 10.5 Å². The quantitative estimate of drug-likeness (QED) is 0.748. The van der Waals surface area contributed by atoms with E-state index in [0.29, 0.717) is 24.4 Å². The minimum Gasteiger partial charge on any atom is -0.314 e. The summed E-state index contributed by atoms with van der Waals surface area (Å²) >= 11 is 0. The second-order valence-corrected chi connectivity index (χ2v) is 4.96. The van der Waals surface area contributed by atoms with E-state index in [4.69, 9.17) is 0 Å². The Balaban J connectivity index is 1.94. The number of aryl methyl sites for hydroxylation is 1. The van der Waals surface area contributed by atoms with E-state index in [-0.39, 0.29) is 5.56 Å². The molecule has 21 heavy (non-hydrogen) atoms. The molecular formula is C14H16N6O. The van der Waals surface area contributed by atoms with Crippen LogP contribution in [-0.2, 0) is 13.1 Å². The van der Waals surface area contributed by atoms with Crippen LogP contribution in [-0.4, -0.2) is 31.4 Å². The van der Waals surface area contributed by atoms with Gasteiger partial charge in [0.2, 0.25) is 0 Å². The normalized spacial score (nSPS) is 11.1. The molecule has 0 amide bonds. The van der Waals surface area contributed by atoms with Crippen LogP contribution in [0.1, 0.15) is 17.0 Å². The first-order valence-electron chi connectivity index (χ1n) is 6.68. The molecule has 0 spiro atoms. The van der Waals surface area contributed by atoms with Crippen molar-refractivity contribution in [2.24, 2.45) is 0 Å². The fourth-order valence-electron chi connectivity index (χ4n) is 2.18. The van der Waals surface area contributed by atoms with Crippen molar-refractivity contribution in [1.29, 1.82) is 0 Å². The van der Waals surface area contributed by atoms with Crippen LogP contribution in [0.25, 0.3) is 5.65 Å². The molecule has 0 saturated carbocycles. The average molecular weight is 284 g/mol. The fraction of sp³-hybridized carbons (Fsp3) is 0.286. The largest absolute Gasteiger partial charge is 0.314 e. The van der Waals surface area contributed by atoms with Crippen LogP contribution in [0.3, 0.4) is 0 Å². The number of fused-ring (bicyclic) bond motifs is 1. The van der Waals surface area contributed by atoms with Gasteiger partial charge in [-0.2, -0.15) is 0 Å². The van der Waals surface area contributed by atoms with Crippen molar-refractivity contribution in [3.05, 3.63) is 57.9 Å². The Kier molecular flexibility index (Phi) is 3.49. The van der Waals surface area contributed by atoms with Crippen LogP contribution >= 0.6 is 0 Å². The van der Waals surface area contributed by atoms with Gasteiger partial charge >= 0.3 is 0 Å². The molecule has 0 aromatic carbocycles. The van der Waals surface area contributed by atoms with Crippen LogP contribution in [0.15, 0.2) is 35.4 Å². The number of nitrogens with one attached hydrogen (secondary N) is 1. The second-order valence-electron chi connectivity index (χ2n) is 4.96. The van der Waals surface area contributed by atoms with Crippen molar-refractivity contribution >= 4 is 5.65 Å². The number of rotatable bonds is 4. The van der Waals surface area contributed by atoms with Crippen LogP contribution in [0.2, 0.25) is 0 Å². The summed E-state index contributed by atoms with van der Waals surface area (Å²) in [6, 6.07) is 5.30. The topological polar surface area (TPSA) is 77.1 Å². The van der Waals surface area contributed by atoms with Crippen LogP contribution in [0, 0.1) is 6.92 Å². The molecular weight excluding hydrogens is 268 g/mol. The summed E-state index contributed by atoms with van der Waals surface area (Å²) in [5.74, 6) is 0. The predicted molar refractivity (Wildman–Crippen MR) is 78.1 cm³/mol. The van der Waals surface area contributed by atoms with Gasteiger partial charge in [0.05, 0.1) is 24.1 Å². The third-order valence-corrected chi connectivity index (χ3v) is 3.14. The van der Waals surface area contributed by atoms with E-state index < -0.39 is 0 Å². The maximum absolute atomic E-state index is 12.1. The second kappa shape index (κ2) is 5.45. The Morgan fingerprint density at radius 2 is 2.14 bits per heavy atom. The monoisotopic (exact) mass is 284 g/mol. The highest BCUT2D eigenvalue weighted by atomic mass is 16.1. The Bertz CT molecular complexity index is 835. The molecule has 0 aliphatic rings. The SMILES string of the molecule is CNCc1cn(Cc2cc(=O)n3ccc(C)cc3n2)nn1. The molecule has 1 N–H and O–H groups in total. The van der Waals surface area contributed by atoms with E-state index in [0.717, 1.165) is 11.3 Å². The van der Waals surface area contributed by atoms with Crippen molar-refractivity contribution in [3.63, 3.8) is 0 Å². The Morgan fingerprint density at radius 3 is 2.95 bits per heavy atom. The highest BCUT2D eigenvalue weighted by Crippen LogP contribution is 2.04. The summed E-state index contributed by atoms with van der Waals surface area (Å²) in [6.07, 6.45) is 3.58. The lowest BCUT2D eigenvalue weighted by Gasteiger charge is -2.04. The number of hydrogen-bond acceptors (Lipinski definition) is 5. The van der Waals surface area contributed by atoms with Crippen molar-refractivity contribution in [2.75, 3.05) is 7.05 Å². The summed E-state index contributed by atoms with van der Waals surface area (Å²) in [5.41, 5.74) is 3.15. The first kappa shape index (κ1) is 13.4. The van der Waals surface area contributed by atoms with Gasteiger partial charge < -0.3 is 5.32 Å². The van der Waals surface area contributed by atoms with E-state index in [1.807, 2.05) is 32.3 Å². The number of pyridine rings is 1. The molecule has 7 nitrogen and oxygen atoms in total. The molecule has 3 aromatic rings. The molecule has 0 saturated heterocycles. The Morgan fingerprint density at radius 1 is 1.29 bits per heavy atom. The van der Waals surface area contributed by atoms with Crippen molar-refractivity contribution in [1.82, 2.24) is 29.7 Å². The smallest absolute Gasteiger partial charge is 0.258 e. The number of aromatic nitrogens is 5. The maximum atomic E-state index is 12.1. The molecule has 0 unspecified atom stereocenters. The van der Waals surface area contributed by atoms with Crippen LogP contribution in [0.5, 0.6) is 0 Å². The third kappa shape index (κ3) is 2.82. The summed E-state index contributed by atoms with van der Waals surface area (Å²) in [6.45, 7) is 3.06. The van der Waals surface area contributed by atoms with Gasteiger partial charge in [0.1, 0.15) is 5.65 Å². The standard InChI is InChI=1S/C14H16N6O/c1-10-3-4-20-13(5-10)16-11(6-14(20)21)8-19-9-12(7-15-2)17-18-19/h3-6,9,15H,7-8H2,1-2H3. The van der Waals surface area contributed by atoms with Gasteiger partial charge in [-0.05, 0) is 31.7 Å². The first-order chi connectivity index (χ1) is 10.2. The zero-order valence-corrected chi connectivity index (χ0v) is 11.9. The number of nitrogens with zero attached hydrogens (tertiary/aromatic N) is 5. The summed E-state index contributed by atoms with van der Waals surface area (Å²) in [4.78, 5) is 16.6. The van der Waals surface area contributed by atoms with E-state index in [1.54, 1.807) is 10.9 Å². The summed E-state index contributed by atoms with van der Waals surface area (Å²) in [5, 5.41) is 11.1. The average Bonchev–Trinajstić information content (AvgIpc) is 2.86. The van der Waals surface area contributed by atoms with E-state index in [2.05, 4.69) is 20.6 Å². The van der Waals surface area contributed by atoms with Gasteiger partial charge in [-0.3, -0.25) is 9.20 Å². The maximum Gasteiger partial charge on any atom is 0.258 e. The summed E-state index contributed by atoms with van der Waals surface area (Å²) in [7, 11) is 1.85. The van der Waals surface area contributed by atoms with Gasteiger partial charge in [0.15, 0.2) is 0 Å². The molecule has 0 atom stereocenters. The highest BCUT2D eigenvalue weighted by Gasteiger charge is 2.05. The fourth-order valence-corrected chi connectivity index (χ4v) is 2.18. The molecule has 3 heterocycles. The molecule has 7 heteroatoms. The molecule has 0 bridgehead atoms. The van der Waals surface area contributed by atoms with Crippen LogP contribution < -0.4 is 10.9 Å². The zero-order valence-electron chi connectivity index (χ0n) is 11.9. The zero-order chi connectivity index (χ0) is 14.8. The van der Waals surface area contributed by atoms with Gasteiger partial charge in [0.25, 0.3) is 5.56 Å². The predicted octanol–water partition coefficient (Wildman–Crippen LogP) is 0.362. The minimum atomic E-state index is -0.0921.